The summed E-state index contributed by atoms with van der Waals surface area (Å²) in [7, 11) is -4.07. The Morgan fingerprint density at radius 1 is 1.13 bits per heavy atom. The van der Waals surface area contributed by atoms with Gasteiger partial charge < -0.3 is 15.2 Å². The van der Waals surface area contributed by atoms with E-state index in [0.29, 0.717) is 10.6 Å². The lowest BCUT2D eigenvalue weighted by molar-refractivity contribution is 0.0686. The van der Waals surface area contributed by atoms with E-state index in [1.54, 1.807) is 24.3 Å². The van der Waals surface area contributed by atoms with Crippen molar-refractivity contribution >= 4 is 33.5 Å². The maximum Gasteiger partial charge on any atom is 0.358 e. The maximum atomic E-state index is 12.5. The molecule has 0 radical (unpaired) electrons. The number of hydrogen-bond acceptors (Lipinski definition) is 6. The van der Waals surface area contributed by atoms with Gasteiger partial charge in [0.2, 0.25) is 5.75 Å². The van der Waals surface area contributed by atoms with Gasteiger partial charge in [0.25, 0.3) is 15.8 Å². The number of H-pyrrole nitrogens is 1. The molecule has 3 rings (SSSR count). The number of aromatic carboxylic acids is 1. The second kappa shape index (κ2) is 8.53. The molecule has 156 valence electrons. The molecule has 12 heteroatoms. The molecular weight excluding hydrogens is 436 g/mol. The van der Waals surface area contributed by atoms with Crippen molar-refractivity contribution in [2.75, 3.05) is 4.72 Å². The maximum absolute atomic E-state index is 12.5. The monoisotopic (exact) mass is 450 g/mol. The number of halogens is 1. The van der Waals surface area contributed by atoms with E-state index < -0.39 is 33.2 Å². The van der Waals surface area contributed by atoms with Crippen LogP contribution < -0.4 is 15.0 Å². The van der Waals surface area contributed by atoms with Crippen molar-refractivity contribution in [2.45, 2.75) is 6.54 Å². The summed E-state index contributed by atoms with van der Waals surface area (Å²) in [6.07, 6.45) is 0. The summed E-state index contributed by atoms with van der Waals surface area (Å²) in [5.41, 5.74) is -1.25. The number of carbonyl (C=O) groups is 1. The van der Waals surface area contributed by atoms with Crippen molar-refractivity contribution in [3.8, 4) is 17.1 Å². The van der Waals surface area contributed by atoms with Gasteiger partial charge in [-0.25, -0.2) is 9.78 Å². The lowest BCUT2D eigenvalue weighted by Crippen LogP contribution is -2.30. The minimum atomic E-state index is -4.07. The molecule has 0 bridgehead atoms. The predicted octanol–water partition coefficient (Wildman–Crippen LogP) is 1.94. The molecule has 0 aliphatic rings. The summed E-state index contributed by atoms with van der Waals surface area (Å²) in [5, 5.41) is 19.1. The Kier molecular flexibility index (Phi) is 6.06. The van der Waals surface area contributed by atoms with Gasteiger partial charge in [-0.05, 0) is 23.8 Å². The highest BCUT2D eigenvalue weighted by molar-refractivity contribution is 7.90. The zero-order valence-electron chi connectivity index (χ0n) is 15.1. The van der Waals surface area contributed by atoms with Crippen molar-refractivity contribution in [3.63, 3.8) is 0 Å². The van der Waals surface area contributed by atoms with Crippen LogP contribution in [-0.4, -0.2) is 34.6 Å². The molecule has 0 atom stereocenters. The summed E-state index contributed by atoms with van der Waals surface area (Å²) in [6.45, 7) is -0.0748. The van der Waals surface area contributed by atoms with Crippen molar-refractivity contribution in [1.29, 1.82) is 0 Å². The van der Waals surface area contributed by atoms with Crippen LogP contribution in [0.1, 0.15) is 16.1 Å². The third-order valence-corrected chi connectivity index (χ3v) is 5.32. The van der Waals surface area contributed by atoms with Crippen LogP contribution in [0.3, 0.4) is 0 Å². The fraction of sp³-hybridized carbons (Fsp3) is 0.0556. The normalized spacial score (nSPS) is 11.2. The van der Waals surface area contributed by atoms with Gasteiger partial charge in [-0.15, -0.1) is 0 Å². The number of anilines is 1. The van der Waals surface area contributed by atoms with Crippen molar-refractivity contribution < 1.29 is 23.4 Å². The minimum absolute atomic E-state index is 0.0225. The van der Waals surface area contributed by atoms with E-state index in [1.165, 1.54) is 24.3 Å². The van der Waals surface area contributed by atoms with Crippen LogP contribution in [0.2, 0.25) is 5.02 Å². The number of hydrogen-bond donors (Lipinski definition) is 5. The third-order valence-electron chi connectivity index (χ3n) is 3.93. The first kappa shape index (κ1) is 21.3. The summed E-state index contributed by atoms with van der Waals surface area (Å²) >= 11 is 6.02. The van der Waals surface area contributed by atoms with E-state index in [-0.39, 0.29) is 23.6 Å². The number of rotatable bonds is 7. The molecule has 1 aromatic heterocycles. The van der Waals surface area contributed by atoms with Gasteiger partial charge in [0, 0.05) is 17.1 Å². The Labute approximate surface area is 175 Å². The molecule has 0 aliphatic carbocycles. The molecule has 10 nitrogen and oxygen atoms in total. The highest BCUT2D eigenvalue weighted by atomic mass is 35.5. The number of aromatic hydroxyl groups is 1. The van der Waals surface area contributed by atoms with E-state index in [2.05, 4.69) is 19.4 Å². The standard InChI is InChI=1S/C18H15ClN4O6S/c19-12-7-3-1-5-10(12)9-20-30(28,29)23-13-8-4-2-6-11(13)16-21-14(18(26)27)15(24)17(25)22-16/h1-8,20,23-24H,9H2,(H,26,27)(H,21,22,25). The highest BCUT2D eigenvalue weighted by Gasteiger charge is 2.20. The number of benzene rings is 2. The number of aromatic amines is 1. The fourth-order valence-corrected chi connectivity index (χ4v) is 3.61. The highest BCUT2D eigenvalue weighted by Crippen LogP contribution is 2.26. The Hall–Kier alpha value is -3.41. The van der Waals surface area contributed by atoms with E-state index in [0.717, 1.165) is 0 Å². The molecular formula is C18H15ClN4O6S. The molecule has 3 aromatic rings. The summed E-state index contributed by atoms with van der Waals surface area (Å²) in [6, 6.07) is 12.6. The average molecular weight is 451 g/mol. The molecule has 0 amide bonds. The molecule has 0 saturated heterocycles. The molecule has 0 saturated carbocycles. The van der Waals surface area contributed by atoms with Crippen LogP contribution >= 0.6 is 11.6 Å². The molecule has 0 spiro atoms. The van der Waals surface area contributed by atoms with Gasteiger partial charge >= 0.3 is 5.97 Å². The SMILES string of the molecule is O=C(O)c1nc(-c2ccccc2NS(=O)(=O)NCc2ccccc2Cl)[nH]c(=O)c1O. The van der Waals surface area contributed by atoms with Gasteiger partial charge in [0.05, 0.1) is 5.69 Å². The molecule has 5 N–H and O–H groups in total. The van der Waals surface area contributed by atoms with Crippen LogP contribution in [0.25, 0.3) is 11.4 Å². The first-order chi connectivity index (χ1) is 14.2. The van der Waals surface area contributed by atoms with Crippen LogP contribution in [-0.2, 0) is 16.8 Å². The Morgan fingerprint density at radius 2 is 1.80 bits per heavy atom. The quantitative estimate of drug-likeness (QED) is 0.367. The van der Waals surface area contributed by atoms with Gasteiger partial charge in [0.1, 0.15) is 5.82 Å². The van der Waals surface area contributed by atoms with E-state index in [9.17, 15) is 23.1 Å². The lowest BCUT2D eigenvalue weighted by atomic mass is 10.1. The molecule has 0 aliphatic heterocycles. The van der Waals surface area contributed by atoms with E-state index in [4.69, 9.17) is 16.7 Å². The van der Waals surface area contributed by atoms with E-state index >= 15 is 0 Å². The Bertz CT molecular complexity index is 1280. The first-order valence-electron chi connectivity index (χ1n) is 8.35. The number of nitrogens with one attached hydrogen (secondary N) is 3. The molecule has 1 heterocycles. The second-order valence-electron chi connectivity index (χ2n) is 5.98. The molecule has 0 unspecified atom stereocenters. The second-order valence-corrected chi connectivity index (χ2v) is 7.89. The molecule has 0 fully saturated rings. The summed E-state index contributed by atoms with van der Waals surface area (Å²) in [4.78, 5) is 29.0. The van der Waals surface area contributed by atoms with Crippen LogP contribution in [0.5, 0.6) is 5.75 Å². The fourth-order valence-electron chi connectivity index (χ4n) is 2.52. The predicted molar refractivity (Wildman–Crippen MR) is 110 cm³/mol. The molecule has 30 heavy (non-hydrogen) atoms. The van der Waals surface area contributed by atoms with E-state index in [1.807, 2.05) is 0 Å². The summed E-state index contributed by atoms with van der Waals surface area (Å²) in [5.74, 6) is -2.90. The first-order valence-corrected chi connectivity index (χ1v) is 10.2. The minimum Gasteiger partial charge on any atom is -0.501 e. The smallest absolute Gasteiger partial charge is 0.358 e. The number of carboxylic acid groups (broad SMARTS) is 1. The summed E-state index contributed by atoms with van der Waals surface area (Å²) < 4.78 is 29.6. The topological polar surface area (TPSA) is 161 Å². The van der Waals surface area contributed by atoms with Gasteiger partial charge in [-0.1, -0.05) is 41.9 Å². The Balaban J connectivity index is 1.92. The van der Waals surface area contributed by atoms with Crippen LogP contribution in [0.4, 0.5) is 5.69 Å². The largest absolute Gasteiger partial charge is 0.501 e. The number of nitrogens with zero attached hydrogens (tertiary/aromatic N) is 1. The van der Waals surface area contributed by atoms with Crippen LogP contribution in [0.15, 0.2) is 53.3 Å². The number of aromatic nitrogens is 2. The molecule has 2 aromatic carbocycles. The number of carboxylic acids is 1. The van der Waals surface area contributed by atoms with Gasteiger partial charge in [-0.2, -0.15) is 13.1 Å². The third kappa shape index (κ3) is 4.76. The lowest BCUT2D eigenvalue weighted by Gasteiger charge is -2.13. The van der Waals surface area contributed by atoms with Gasteiger partial charge in [0.15, 0.2) is 5.69 Å². The van der Waals surface area contributed by atoms with Crippen molar-refractivity contribution in [3.05, 3.63) is 75.2 Å². The number of para-hydroxylation sites is 1. The van der Waals surface area contributed by atoms with Crippen molar-refractivity contribution in [2.24, 2.45) is 0 Å². The van der Waals surface area contributed by atoms with Crippen LogP contribution in [0, 0.1) is 0 Å². The zero-order chi connectivity index (χ0) is 21.9. The zero-order valence-corrected chi connectivity index (χ0v) is 16.7. The Morgan fingerprint density at radius 3 is 2.50 bits per heavy atom. The average Bonchev–Trinajstić information content (AvgIpc) is 2.69. The van der Waals surface area contributed by atoms with Gasteiger partial charge in [-0.3, -0.25) is 9.52 Å². The van der Waals surface area contributed by atoms with Crippen molar-refractivity contribution in [1.82, 2.24) is 14.7 Å².